The zero-order valence-corrected chi connectivity index (χ0v) is 10.7. The lowest BCUT2D eigenvalue weighted by molar-refractivity contribution is 0.354. The normalized spacial score (nSPS) is 10.2. The van der Waals surface area contributed by atoms with Crippen LogP contribution in [0.5, 0.6) is 11.5 Å². The fourth-order valence-corrected chi connectivity index (χ4v) is 1.76. The second-order valence-electron chi connectivity index (χ2n) is 3.90. The highest BCUT2D eigenvalue weighted by molar-refractivity contribution is 5.42. The predicted molar refractivity (Wildman–Crippen MR) is 70.0 cm³/mol. The van der Waals surface area contributed by atoms with Gasteiger partial charge in [0.25, 0.3) is 5.56 Å². The molecule has 2 rings (SSSR count). The molecule has 1 aromatic carbocycles. The van der Waals surface area contributed by atoms with E-state index in [-0.39, 0.29) is 12.1 Å². The van der Waals surface area contributed by atoms with Gasteiger partial charge in [0, 0.05) is 12.3 Å². The van der Waals surface area contributed by atoms with Gasteiger partial charge >= 0.3 is 5.69 Å². The molecule has 0 spiro atoms. The minimum atomic E-state index is -0.442. The van der Waals surface area contributed by atoms with Gasteiger partial charge in [-0.15, -0.1) is 0 Å². The van der Waals surface area contributed by atoms with Gasteiger partial charge in [-0.1, -0.05) is 6.07 Å². The van der Waals surface area contributed by atoms with Crippen molar-refractivity contribution in [2.24, 2.45) is 0 Å². The number of hydrogen-bond donors (Lipinski definition) is 1. The highest BCUT2D eigenvalue weighted by Crippen LogP contribution is 2.27. The summed E-state index contributed by atoms with van der Waals surface area (Å²) in [7, 11) is 3.08. The van der Waals surface area contributed by atoms with Crippen LogP contribution < -0.4 is 20.7 Å². The Hall–Kier alpha value is -2.50. The Bertz CT molecular complexity index is 659. The van der Waals surface area contributed by atoms with Crippen LogP contribution in [0.15, 0.2) is 40.1 Å². The Morgan fingerprint density at radius 1 is 1.11 bits per heavy atom. The molecule has 2 aromatic rings. The van der Waals surface area contributed by atoms with Crippen LogP contribution in [0.2, 0.25) is 0 Å². The average Bonchev–Trinajstić information content (AvgIpc) is 2.42. The fraction of sp³-hybridized carbons (Fsp3) is 0.231. The number of hydrogen-bond acceptors (Lipinski definition) is 4. The van der Waals surface area contributed by atoms with Crippen molar-refractivity contribution >= 4 is 0 Å². The monoisotopic (exact) mass is 262 g/mol. The molecule has 6 nitrogen and oxygen atoms in total. The van der Waals surface area contributed by atoms with E-state index in [4.69, 9.17) is 9.47 Å². The smallest absolute Gasteiger partial charge is 0.328 e. The first-order chi connectivity index (χ1) is 9.15. The lowest BCUT2D eigenvalue weighted by Crippen LogP contribution is -2.34. The van der Waals surface area contributed by atoms with Crippen molar-refractivity contribution in [1.82, 2.24) is 9.55 Å². The average molecular weight is 262 g/mol. The largest absolute Gasteiger partial charge is 0.493 e. The topological polar surface area (TPSA) is 73.3 Å². The molecule has 1 aromatic heterocycles. The van der Waals surface area contributed by atoms with Crippen molar-refractivity contribution in [2.75, 3.05) is 14.2 Å². The molecule has 0 amide bonds. The lowest BCUT2D eigenvalue weighted by atomic mass is 10.2. The molecule has 0 fully saturated rings. The van der Waals surface area contributed by atoms with Gasteiger partial charge in [-0.2, -0.15) is 0 Å². The molecule has 100 valence electrons. The minimum absolute atomic E-state index is 0.176. The van der Waals surface area contributed by atoms with E-state index >= 15 is 0 Å². The number of rotatable bonds is 4. The van der Waals surface area contributed by atoms with E-state index < -0.39 is 5.69 Å². The number of aromatic amines is 1. The molecule has 0 aliphatic heterocycles. The van der Waals surface area contributed by atoms with Gasteiger partial charge in [0.2, 0.25) is 0 Å². The molecule has 0 aliphatic carbocycles. The third-order valence-electron chi connectivity index (χ3n) is 2.73. The second-order valence-corrected chi connectivity index (χ2v) is 3.90. The highest BCUT2D eigenvalue weighted by Gasteiger charge is 2.07. The third kappa shape index (κ3) is 2.67. The van der Waals surface area contributed by atoms with Crippen molar-refractivity contribution in [1.29, 1.82) is 0 Å². The Morgan fingerprint density at radius 2 is 1.84 bits per heavy atom. The second kappa shape index (κ2) is 5.43. The van der Waals surface area contributed by atoms with Gasteiger partial charge in [0.15, 0.2) is 11.5 Å². The quantitative estimate of drug-likeness (QED) is 0.875. The molecule has 0 atom stereocenters. The van der Waals surface area contributed by atoms with Crippen molar-refractivity contribution in [3.8, 4) is 11.5 Å². The minimum Gasteiger partial charge on any atom is -0.493 e. The maximum atomic E-state index is 11.6. The first-order valence-electron chi connectivity index (χ1n) is 5.65. The Labute approximate surface area is 109 Å². The van der Waals surface area contributed by atoms with Gasteiger partial charge in [-0.3, -0.25) is 9.36 Å². The van der Waals surface area contributed by atoms with E-state index in [0.29, 0.717) is 11.5 Å². The Kier molecular flexibility index (Phi) is 3.70. The van der Waals surface area contributed by atoms with Crippen molar-refractivity contribution in [3.05, 3.63) is 56.9 Å². The van der Waals surface area contributed by atoms with Crippen LogP contribution in [-0.4, -0.2) is 23.8 Å². The molecular weight excluding hydrogens is 248 g/mol. The van der Waals surface area contributed by atoms with Gasteiger partial charge in [-0.05, 0) is 17.7 Å². The summed E-state index contributed by atoms with van der Waals surface area (Å²) >= 11 is 0. The summed E-state index contributed by atoms with van der Waals surface area (Å²) in [4.78, 5) is 25.6. The zero-order valence-electron chi connectivity index (χ0n) is 10.7. The number of H-pyrrole nitrogens is 1. The summed E-state index contributed by atoms with van der Waals surface area (Å²) in [6, 6.07) is 6.55. The molecule has 0 bridgehead atoms. The number of benzene rings is 1. The summed E-state index contributed by atoms with van der Waals surface area (Å²) < 4.78 is 11.4. The lowest BCUT2D eigenvalue weighted by Gasteiger charge is -2.10. The molecule has 0 saturated heterocycles. The molecule has 1 heterocycles. The third-order valence-corrected chi connectivity index (χ3v) is 2.73. The number of methoxy groups -OCH3 is 2. The van der Waals surface area contributed by atoms with E-state index in [1.54, 1.807) is 25.3 Å². The Balaban J connectivity index is 2.39. The summed E-state index contributed by atoms with van der Waals surface area (Å²) in [6.07, 6.45) is 1.33. The summed E-state index contributed by atoms with van der Waals surface area (Å²) in [5.74, 6) is 1.15. The Morgan fingerprint density at radius 3 is 2.47 bits per heavy atom. The number of aromatic nitrogens is 2. The van der Waals surface area contributed by atoms with Gasteiger partial charge in [0.1, 0.15) is 0 Å². The first-order valence-corrected chi connectivity index (χ1v) is 5.65. The van der Waals surface area contributed by atoms with Crippen LogP contribution in [-0.2, 0) is 6.54 Å². The van der Waals surface area contributed by atoms with Crippen LogP contribution >= 0.6 is 0 Å². The van der Waals surface area contributed by atoms with E-state index in [2.05, 4.69) is 4.98 Å². The first kappa shape index (κ1) is 12.9. The van der Waals surface area contributed by atoms with Crippen molar-refractivity contribution in [2.45, 2.75) is 6.54 Å². The fourth-order valence-electron chi connectivity index (χ4n) is 1.76. The SMILES string of the molecule is COc1ccc(Cn2c(=O)cc[nH]c2=O)cc1OC. The van der Waals surface area contributed by atoms with Crippen LogP contribution in [0.4, 0.5) is 0 Å². The number of nitrogens with zero attached hydrogens (tertiary/aromatic N) is 1. The van der Waals surface area contributed by atoms with Crippen LogP contribution in [0.3, 0.4) is 0 Å². The standard InChI is InChI=1S/C13H14N2O4/c1-18-10-4-3-9(7-11(10)19-2)8-15-12(16)5-6-14-13(15)17/h3-7H,8H2,1-2H3,(H,14,17). The van der Waals surface area contributed by atoms with Gasteiger partial charge < -0.3 is 14.5 Å². The predicted octanol–water partition coefficient (Wildman–Crippen LogP) is 0.602. The molecular formula is C13H14N2O4. The summed E-state index contributed by atoms with van der Waals surface area (Å²) in [6.45, 7) is 0.176. The van der Waals surface area contributed by atoms with Gasteiger partial charge in [0.05, 0.1) is 20.8 Å². The summed E-state index contributed by atoms with van der Waals surface area (Å²) in [5.41, 5.74) is -0.0164. The maximum absolute atomic E-state index is 11.6. The van der Waals surface area contributed by atoms with E-state index in [1.807, 2.05) is 0 Å². The van der Waals surface area contributed by atoms with E-state index in [0.717, 1.165) is 10.1 Å². The summed E-state index contributed by atoms with van der Waals surface area (Å²) in [5, 5.41) is 0. The maximum Gasteiger partial charge on any atom is 0.328 e. The van der Waals surface area contributed by atoms with Crippen LogP contribution in [0.25, 0.3) is 0 Å². The molecule has 0 aliphatic rings. The van der Waals surface area contributed by atoms with E-state index in [9.17, 15) is 9.59 Å². The molecule has 0 radical (unpaired) electrons. The van der Waals surface area contributed by atoms with Crippen LogP contribution in [0, 0.1) is 0 Å². The molecule has 6 heteroatoms. The van der Waals surface area contributed by atoms with E-state index in [1.165, 1.54) is 19.4 Å². The molecule has 1 N–H and O–H groups in total. The van der Waals surface area contributed by atoms with Crippen molar-refractivity contribution in [3.63, 3.8) is 0 Å². The van der Waals surface area contributed by atoms with Crippen LogP contribution in [0.1, 0.15) is 5.56 Å². The number of ether oxygens (including phenoxy) is 2. The molecule has 0 unspecified atom stereocenters. The zero-order chi connectivity index (χ0) is 13.8. The van der Waals surface area contributed by atoms with Gasteiger partial charge in [-0.25, -0.2) is 4.79 Å². The molecule has 0 saturated carbocycles. The number of nitrogens with one attached hydrogen (secondary N) is 1. The molecule has 19 heavy (non-hydrogen) atoms. The van der Waals surface area contributed by atoms with Crippen molar-refractivity contribution < 1.29 is 9.47 Å². The highest BCUT2D eigenvalue weighted by atomic mass is 16.5.